The number of carbonyl (C=O) groups is 2. The van der Waals surface area contributed by atoms with Gasteiger partial charge in [-0.05, 0) is 31.4 Å². The second-order valence-corrected chi connectivity index (χ2v) is 5.30. The van der Waals surface area contributed by atoms with E-state index in [1.807, 2.05) is 13.0 Å². The molecule has 110 valence electrons. The molecular weight excluding hydrogens is 256 g/mol. The van der Waals surface area contributed by atoms with Crippen molar-refractivity contribution in [3.8, 4) is 0 Å². The number of para-hydroxylation sites is 1. The van der Waals surface area contributed by atoms with Crippen LogP contribution in [-0.2, 0) is 4.79 Å². The normalized spacial score (nSPS) is 12.0. The fraction of sp³-hybridized carbons (Fsp3) is 0.467. The zero-order chi connectivity index (χ0) is 15.1. The van der Waals surface area contributed by atoms with E-state index in [9.17, 15) is 9.59 Å². The summed E-state index contributed by atoms with van der Waals surface area (Å²) in [5.41, 5.74) is 0.573. The zero-order valence-corrected chi connectivity index (χ0v) is 12.2. The number of hydrogen-bond acceptors (Lipinski definition) is 2. The Hall–Kier alpha value is -2.04. The molecular formula is C15H22N2O3. The molecule has 1 rings (SSSR count). The summed E-state index contributed by atoms with van der Waals surface area (Å²) in [7, 11) is 0. The van der Waals surface area contributed by atoms with Crippen LogP contribution in [0.25, 0.3) is 0 Å². The number of nitrogens with one attached hydrogen (secondary N) is 1. The smallest absolute Gasteiger partial charge is 0.323 e. The number of carbonyl (C=O) groups excluding carboxylic acids is 1. The standard InChI is InChI=1S/C15H22N2O3/c1-11(2)9-12(3)16-15(20)17(10-14(18)19)13-7-5-4-6-8-13/h4-8,11-12H,9-10H2,1-3H3,(H,16,20)(H,18,19). The molecule has 0 spiro atoms. The first kappa shape index (κ1) is 16.0. The molecule has 5 nitrogen and oxygen atoms in total. The van der Waals surface area contributed by atoms with Crippen molar-refractivity contribution in [1.82, 2.24) is 5.32 Å². The van der Waals surface area contributed by atoms with Crippen LogP contribution in [0.3, 0.4) is 0 Å². The van der Waals surface area contributed by atoms with Crippen LogP contribution in [-0.4, -0.2) is 29.7 Å². The van der Waals surface area contributed by atoms with E-state index in [1.165, 1.54) is 4.90 Å². The Kier molecular flexibility index (Phi) is 6.03. The van der Waals surface area contributed by atoms with Gasteiger partial charge in [0.05, 0.1) is 0 Å². The van der Waals surface area contributed by atoms with Gasteiger partial charge in [0.1, 0.15) is 6.54 Å². The summed E-state index contributed by atoms with van der Waals surface area (Å²) in [5.74, 6) is -0.574. The van der Waals surface area contributed by atoms with Crippen molar-refractivity contribution in [3.63, 3.8) is 0 Å². The maximum Gasteiger partial charge on any atom is 0.323 e. The Morgan fingerprint density at radius 3 is 2.30 bits per heavy atom. The molecule has 5 heteroatoms. The van der Waals surface area contributed by atoms with Crippen LogP contribution in [0, 0.1) is 5.92 Å². The van der Waals surface area contributed by atoms with Crippen molar-refractivity contribution in [2.75, 3.05) is 11.4 Å². The molecule has 0 saturated heterocycles. The Morgan fingerprint density at radius 2 is 1.80 bits per heavy atom. The van der Waals surface area contributed by atoms with Crippen LogP contribution in [0.1, 0.15) is 27.2 Å². The summed E-state index contributed by atoms with van der Waals surface area (Å²) in [6.07, 6.45) is 0.849. The van der Waals surface area contributed by atoms with E-state index in [1.54, 1.807) is 24.3 Å². The number of rotatable bonds is 6. The predicted octanol–water partition coefficient (Wildman–Crippen LogP) is 2.72. The maximum atomic E-state index is 12.2. The Bertz CT molecular complexity index is 446. The summed E-state index contributed by atoms with van der Waals surface area (Å²) in [6, 6.07) is 8.42. The number of aliphatic carboxylic acids is 1. The number of amides is 2. The molecule has 1 unspecified atom stereocenters. The Morgan fingerprint density at radius 1 is 1.20 bits per heavy atom. The molecule has 0 aromatic heterocycles. The van der Waals surface area contributed by atoms with Crippen molar-refractivity contribution in [2.45, 2.75) is 33.2 Å². The lowest BCUT2D eigenvalue weighted by molar-refractivity contribution is -0.135. The summed E-state index contributed by atoms with van der Waals surface area (Å²) < 4.78 is 0. The monoisotopic (exact) mass is 278 g/mol. The first-order valence-corrected chi connectivity index (χ1v) is 6.75. The molecule has 1 aromatic rings. The fourth-order valence-electron chi connectivity index (χ4n) is 2.08. The third-order valence-corrected chi connectivity index (χ3v) is 2.80. The summed E-state index contributed by atoms with van der Waals surface area (Å²) in [5, 5.41) is 11.8. The second kappa shape index (κ2) is 7.53. The number of urea groups is 1. The van der Waals surface area contributed by atoms with Crippen molar-refractivity contribution in [1.29, 1.82) is 0 Å². The molecule has 1 aromatic carbocycles. The average Bonchev–Trinajstić information content (AvgIpc) is 2.35. The highest BCUT2D eigenvalue weighted by atomic mass is 16.4. The van der Waals surface area contributed by atoms with E-state index in [-0.39, 0.29) is 18.6 Å². The van der Waals surface area contributed by atoms with E-state index in [4.69, 9.17) is 5.11 Å². The number of benzene rings is 1. The average molecular weight is 278 g/mol. The minimum absolute atomic E-state index is 0.00232. The zero-order valence-electron chi connectivity index (χ0n) is 12.2. The largest absolute Gasteiger partial charge is 0.480 e. The van der Waals surface area contributed by atoms with Gasteiger partial charge in [0.2, 0.25) is 0 Å². The minimum atomic E-state index is -1.04. The van der Waals surface area contributed by atoms with E-state index in [0.29, 0.717) is 11.6 Å². The third-order valence-electron chi connectivity index (χ3n) is 2.80. The van der Waals surface area contributed by atoms with Crippen LogP contribution >= 0.6 is 0 Å². The number of carboxylic acids is 1. The van der Waals surface area contributed by atoms with E-state index in [0.717, 1.165) is 6.42 Å². The van der Waals surface area contributed by atoms with Crippen molar-refractivity contribution >= 4 is 17.7 Å². The molecule has 0 fully saturated rings. The fourth-order valence-corrected chi connectivity index (χ4v) is 2.08. The highest BCUT2D eigenvalue weighted by Gasteiger charge is 2.20. The second-order valence-electron chi connectivity index (χ2n) is 5.30. The maximum absolute atomic E-state index is 12.2. The molecule has 0 radical (unpaired) electrons. The first-order valence-electron chi connectivity index (χ1n) is 6.75. The third kappa shape index (κ3) is 5.30. The van der Waals surface area contributed by atoms with Gasteiger partial charge in [-0.2, -0.15) is 0 Å². The predicted molar refractivity (Wildman–Crippen MR) is 78.9 cm³/mol. The van der Waals surface area contributed by atoms with E-state index < -0.39 is 5.97 Å². The summed E-state index contributed by atoms with van der Waals surface area (Å²) >= 11 is 0. The van der Waals surface area contributed by atoms with E-state index in [2.05, 4.69) is 19.2 Å². The van der Waals surface area contributed by atoms with Gasteiger partial charge in [0.15, 0.2) is 0 Å². The molecule has 2 N–H and O–H groups in total. The van der Waals surface area contributed by atoms with Crippen LogP contribution in [0.4, 0.5) is 10.5 Å². The molecule has 0 saturated carbocycles. The molecule has 20 heavy (non-hydrogen) atoms. The molecule has 0 aliphatic heterocycles. The van der Waals surface area contributed by atoms with Gasteiger partial charge in [0.25, 0.3) is 0 Å². The molecule has 0 heterocycles. The van der Waals surface area contributed by atoms with E-state index >= 15 is 0 Å². The van der Waals surface area contributed by atoms with Crippen molar-refractivity contribution < 1.29 is 14.7 Å². The van der Waals surface area contributed by atoms with Crippen molar-refractivity contribution in [2.24, 2.45) is 5.92 Å². The lowest BCUT2D eigenvalue weighted by Crippen LogP contribution is -2.46. The lowest BCUT2D eigenvalue weighted by atomic mass is 10.1. The van der Waals surface area contributed by atoms with Gasteiger partial charge in [-0.1, -0.05) is 32.0 Å². The first-order chi connectivity index (χ1) is 9.40. The number of anilines is 1. The number of carboxylic acid groups (broad SMARTS) is 1. The molecule has 0 aliphatic carbocycles. The molecule has 1 atom stereocenters. The lowest BCUT2D eigenvalue weighted by Gasteiger charge is -2.24. The van der Waals surface area contributed by atoms with Gasteiger partial charge in [-0.15, -0.1) is 0 Å². The van der Waals surface area contributed by atoms with Gasteiger partial charge in [-0.25, -0.2) is 4.79 Å². The van der Waals surface area contributed by atoms with Crippen LogP contribution < -0.4 is 10.2 Å². The van der Waals surface area contributed by atoms with Crippen LogP contribution in [0.2, 0.25) is 0 Å². The van der Waals surface area contributed by atoms with Gasteiger partial charge >= 0.3 is 12.0 Å². The topological polar surface area (TPSA) is 69.6 Å². The Balaban J connectivity index is 2.78. The number of nitrogens with zero attached hydrogens (tertiary/aromatic N) is 1. The highest BCUT2D eigenvalue weighted by Crippen LogP contribution is 2.14. The summed E-state index contributed by atoms with van der Waals surface area (Å²) in [6.45, 7) is 5.72. The number of hydrogen-bond donors (Lipinski definition) is 2. The van der Waals surface area contributed by atoms with Crippen LogP contribution in [0.15, 0.2) is 30.3 Å². The summed E-state index contributed by atoms with van der Waals surface area (Å²) in [4.78, 5) is 24.4. The van der Waals surface area contributed by atoms with Gasteiger partial charge in [-0.3, -0.25) is 9.69 Å². The molecule has 0 bridgehead atoms. The SMILES string of the molecule is CC(C)CC(C)NC(=O)N(CC(=O)O)c1ccccc1. The van der Waals surface area contributed by atoms with Gasteiger partial charge in [0, 0.05) is 11.7 Å². The Labute approximate surface area is 119 Å². The molecule has 2 amide bonds. The van der Waals surface area contributed by atoms with Crippen LogP contribution in [0.5, 0.6) is 0 Å². The highest BCUT2D eigenvalue weighted by molar-refractivity contribution is 5.96. The molecule has 0 aliphatic rings. The van der Waals surface area contributed by atoms with Gasteiger partial charge < -0.3 is 10.4 Å². The minimum Gasteiger partial charge on any atom is -0.480 e. The van der Waals surface area contributed by atoms with Crippen molar-refractivity contribution in [3.05, 3.63) is 30.3 Å². The quantitative estimate of drug-likeness (QED) is 0.840.